The average molecular weight is 294 g/mol. The van der Waals surface area contributed by atoms with E-state index in [9.17, 15) is 9.90 Å². The summed E-state index contributed by atoms with van der Waals surface area (Å²) < 4.78 is 1.49. The smallest absolute Gasteiger partial charge is 0.271 e. The Morgan fingerprint density at radius 3 is 2.60 bits per heavy atom. The number of aryl methyl sites for hydroxylation is 2. The van der Waals surface area contributed by atoms with E-state index in [1.54, 1.807) is 31.3 Å². The number of aromatic hydroxyl groups is 1. The van der Waals surface area contributed by atoms with Crippen LogP contribution in [-0.4, -0.2) is 20.8 Å². The van der Waals surface area contributed by atoms with Gasteiger partial charge in [-0.3, -0.25) is 9.48 Å². The maximum absolute atomic E-state index is 12.2. The number of rotatable bonds is 4. The van der Waals surface area contributed by atoms with Crippen molar-refractivity contribution in [3.63, 3.8) is 0 Å². The van der Waals surface area contributed by atoms with Crippen LogP contribution in [-0.2, 0) is 20.0 Å². The van der Waals surface area contributed by atoms with E-state index in [0.717, 1.165) is 5.56 Å². The van der Waals surface area contributed by atoms with Gasteiger partial charge in [-0.05, 0) is 24.1 Å². The molecule has 0 fully saturated rings. The Kier molecular flexibility index (Phi) is 4.29. The standard InChI is InChI=1S/C14H16ClN3O2/c1-3-11-12(15)13(18(2)17-11)14(20)16-8-9-4-6-10(19)7-5-9/h4-7,19H,3,8H2,1-2H3,(H,16,20). The second-order valence-electron chi connectivity index (χ2n) is 4.44. The van der Waals surface area contributed by atoms with Crippen molar-refractivity contribution in [1.82, 2.24) is 15.1 Å². The highest BCUT2D eigenvalue weighted by Crippen LogP contribution is 2.20. The molecule has 0 radical (unpaired) electrons. The van der Waals surface area contributed by atoms with Gasteiger partial charge in [-0.2, -0.15) is 5.10 Å². The van der Waals surface area contributed by atoms with E-state index in [-0.39, 0.29) is 11.7 Å². The molecule has 1 heterocycles. The van der Waals surface area contributed by atoms with Crippen LogP contribution < -0.4 is 5.32 Å². The zero-order chi connectivity index (χ0) is 14.7. The number of amides is 1. The quantitative estimate of drug-likeness (QED) is 0.909. The first kappa shape index (κ1) is 14.4. The number of hydrogen-bond acceptors (Lipinski definition) is 3. The van der Waals surface area contributed by atoms with Gasteiger partial charge in [-0.1, -0.05) is 30.7 Å². The molecule has 106 valence electrons. The second-order valence-corrected chi connectivity index (χ2v) is 4.81. The van der Waals surface area contributed by atoms with E-state index < -0.39 is 0 Å². The van der Waals surface area contributed by atoms with E-state index in [0.29, 0.717) is 29.4 Å². The van der Waals surface area contributed by atoms with Gasteiger partial charge in [0, 0.05) is 13.6 Å². The molecule has 0 unspecified atom stereocenters. The summed E-state index contributed by atoms with van der Waals surface area (Å²) in [4.78, 5) is 12.2. The molecule has 20 heavy (non-hydrogen) atoms. The number of hydrogen-bond donors (Lipinski definition) is 2. The molecule has 1 amide bonds. The molecule has 0 aliphatic heterocycles. The molecular formula is C14H16ClN3O2. The first-order valence-corrected chi connectivity index (χ1v) is 6.68. The van der Waals surface area contributed by atoms with Crippen LogP contribution in [0.2, 0.25) is 5.02 Å². The molecule has 2 rings (SSSR count). The summed E-state index contributed by atoms with van der Waals surface area (Å²) in [6, 6.07) is 6.65. The highest BCUT2D eigenvalue weighted by molar-refractivity contribution is 6.34. The number of phenolic OH excluding ortho intramolecular Hbond substituents is 1. The molecular weight excluding hydrogens is 278 g/mol. The molecule has 1 aromatic heterocycles. The Balaban J connectivity index is 2.09. The number of carbonyl (C=O) groups is 1. The van der Waals surface area contributed by atoms with Crippen molar-refractivity contribution < 1.29 is 9.90 Å². The third-order valence-corrected chi connectivity index (χ3v) is 3.39. The van der Waals surface area contributed by atoms with Crippen LogP contribution in [0, 0.1) is 0 Å². The molecule has 1 aromatic carbocycles. The lowest BCUT2D eigenvalue weighted by atomic mass is 10.2. The first-order valence-electron chi connectivity index (χ1n) is 6.30. The highest BCUT2D eigenvalue weighted by atomic mass is 35.5. The lowest BCUT2D eigenvalue weighted by molar-refractivity contribution is 0.0941. The molecule has 2 aromatic rings. The Bertz CT molecular complexity index is 620. The Hall–Kier alpha value is -2.01. The normalized spacial score (nSPS) is 10.6. The maximum atomic E-state index is 12.2. The minimum Gasteiger partial charge on any atom is -0.508 e. The SMILES string of the molecule is CCc1nn(C)c(C(=O)NCc2ccc(O)cc2)c1Cl. The fourth-order valence-electron chi connectivity index (χ4n) is 1.91. The van der Waals surface area contributed by atoms with E-state index in [2.05, 4.69) is 10.4 Å². The lowest BCUT2D eigenvalue weighted by Gasteiger charge is -2.06. The van der Waals surface area contributed by atoms with Gasteiger partial charge in [0.1, 0.15) is 11.4 Å². The molecule has 0 bridgehead atoms. The van der Waals surface area contributed by atoms with Gasteiger partial charge in [-0.15, -0.1) is 0 Å². The number of benzene rings is 1. The zero-order valence-electron chi connectivity index (χ0n) is 11.4. The van der Waals surface area contributed by atoms with E-state index >= 15 is 0 Å². The summed E-state index contributed by atoms with van der Waals surface area (Å²) in [5.41, 5.74) is 1.97. The molecule has 5 nitrogen and oxygen atoms in total. The van der Waals surface area contributed by atoms with Gasteiger partial charge in [0.05, 0.1) is 10.7 Å². The van der Waals surface area contributed by atoms with Gasteiger partial charge in [0.15, 0.2) is 0 Å². The Labute approximate surface area is 122 Å². The predicted molar refractivity (Wildman–Crippen MR) is 76.9 cm³/mol. The molecule has 0 saturated carbocycles. The summed E-state index contributed by atoms with van der Waals surface area (Å²) in [5, 5.41) is 16.6. The first-order chi connectivity index (χ1) is 9.52. The molecule has 2 N–H and O–H groups in total. The number of phenols is 1. The van der Waals surface area contributed by atoms with Crippen LogP contribution in [0.1, 0.15) is 28.7 Å². The fraction of sp³-hybridized carbons (Fsp3) is 0.286. The molecule has 0 aliphatic rings. The number of carbonyl (C=O) groups excluding carboxylic acids is 1. The predicted octanol–water partition coefficient (Wildman–Crippen LogP) is 2.27. The fourth-order valence-corrected chi connectivity index (χ4v) is 2.29. The van der Waals surface area contributed by atoms with Crippen molar-refractivity contribution in [2.24, 2.45) is 7.05 Å². The van der Waals surface area contributed by atoms with Crippen molar-refractivity contribution in [3.05, 3.63) is 46.2 Å². The molecule has 0 atom stereocenters. The van der Waals surface area contributed by atoms with Crippen LogP contribution >= 0.6 is 11.6 Å². The number of nitrogens with zero attached hydrogens (tertiary/aromatic N) is 2. The highest BCUT2D eigenvalue weighted by Gasteiger charge is 2.19. The van der Waals surface area contributed by atoms with Crippen molar-refractivity contribution in [2.45, 2.75) is 19.9 Å². The van der Waals surface area contributed by atoms with Crippen LogP contribution in [0.25, 0.3) is 0 Å². The minimum atomic E-state index is -0.266. The van der Waals surface area contributed by atoms with Gasteiger partial charge < -0.3 is 10.4 Å². The van der Waals surface area contributed by atoms with Crippen molar-refractivity contribution >= 4 is 17.5 Å². The number of aromatic nitrogens is 2. The van der Waals surface area contributed by atoms with Crippen molar-refractivity contribution in [2.75, 3.05) is 0 Å². The van der Waals surface area contributed by atoms with Crippen LogP contribution in [0.5, 0.6) is 5.75 Å². The van der Waals surface area contributed by atoms with Crippen LogP contribution in [0.3, 0.4) is 0 Å². The van der Waals surface area contributed by atoms with Crippen LogP contribution in [0.4, 0.5) is 0 Å². The molecule has 6 heteroatoms. The summed E-state index contributed by atoms with van der Waals surface area (Å²) in [6.07, 6.45) is 0.678. The van der Waals surface area contributed by atoms with Gasteiger partial charge in [0.25, 0.3) is 5.91 Å². The molecule has 0 saturated heterocycles. The summed E-state index contributed by atoms with van der Waals surface area (Å²) >= 11 is 6.15. The third kappa shape index (κ3) is 2.93. The molecule has 0 spiro atoms. The van der Waals surface area contributed by atoms with Gasteiger partial charge in [-0.25, -0.2) is 0 Å². The Morgan fingerprint density at radius 1 is 1.40 bits per heavy atom. The zero-order valence-corrected chi connectivity index (χ0v) is 12.1. The van der Waals surface area contributed by atoms with Crippen LogP contribution in [0.15, 0.2) is 24.3 Å². The van der Waals surface area contributed by atoms with Crippen molar-refractivity contribution in [1.29, 1.82) is 0 Å². The minimum absolute atomic E-state index is 0.197. The lowest BCUT2D eigenvalue weighted by Crippen LogP contribution is -2.25. The largest absolute Gasteiger partial charge is 0.508 e. The topological polar surface area (TPSA) is 67.2 Å². The summed E-state index contributed by atoms with van der Waals surface area (Å²) in [7, 11) is 1.69. The molecule has 0 aliphatic carbocycles. The Morgan fingerprint density at radius 2 is 2.05 bits per heavy atom. The summed E-state index contributed by atoms with van der Waals surface area (Å²) in [5.74, 6) is -0.0693. The van der Waals surface area contributed by atoms with E-state index in [1.165, 1.54) is 4.68 Å². The maximum Gasteiger partial charge on any atom is 0.271 e. The summed E-state index contributed by atoms with van der Waals surface area (Å²) in [6.45, 7) is 2.30. The third-order valence-electron chi connectivity index (χ3n) is 2.99. The number of nitrogens with one attached hydrogen (secondary N) is 1. The second kappa shape index (κ2) is 5.96. The monoisotopic (exact) mass is 293 g/mol. The van der Waals surface area contributed by atoms with E-state index in [4.69, 9.17) is 11.6 Å². The van der Waals surface area contributed by atoms with Crippen molar-refractivity contribution in [3.8, 4) is 5.75 Å². The van der Waals surface area contributed by atoms with E-state index in [1.807, 2.05) is 6.92 Å². The van der Waals surface area contributed by atoms with Gasteiger partial charge in [0.2, 0.25) is 0 Å². The number of halogens is 1. The van der Waals surface area contributed by atoms with Gasteiger partial charge >= 0.3 is 0 Å². The average Bonchev–Trinajstić information content (AvgIpc) is 2.72.